The van der Waals surface area contributed by atoms with Gasteiger partial charge in [-0.05, 0) is 72.2 Å². The SMILES string of the molecule is CC(C)Cc1cc(-c2[c-]cc(F)cc2)nc[c]1[Ge]([CH3])([CH3])[CH3].COc1c[c-]c(-c2cc(C(C)C)ccn2)c2oc3cc(-c4c(C)cc(C)cc4C)ccc3c12.[Ir]. The second-order valence-corrected chi connectivity index (χ2v) is 26.7. The maximum Gasteiger partial charge on any atom is 0.121 e. The van der Waals surface area contributed by atoms with Gasteiger partial charge in [0.1, 0.15) is 5.58 Å². The Labute approximate surface area is 342 Å². The number of aryl methyl sites for hydroxylation is 3. The van der Waals surface area contributed by atoms with Crippen LogP contribution in [0.15, 0.2) is 89.6 Å². The first-order valence-corrected chi connectivity index (χ1v) is 26.1. The molecule has 0 spiro atoms. The van der Waals surface area contributed by atoms with Crippen molar-refractivity contribution in [2.75, 3.05) is 7.11 Å². The molecule has 0 bridgehead atoms. The van der Waals surface area contributed by atoms with Crippen LogP contribution < -0.4 is 9.13 Å². The van der Waals surface area contributed by atoms with E-state index in [1.807, 2.05) is 18.5 Å². The van der Waals surface area contributed by atoms with E-state index in [1.54, 1.807) is 13.2 Å². The Bertz CT molecular complexity index is 2420. The molecule has 55 heavy (non-hydrogen) atoms. The second kappa shape index (κ2) is 17.4. The molecule has 3 heterocycles. The van der Waals surface area contributed by atoms with E-state index >= 15 is 0 Å². The first-order valence-electron chi connectivity index (χ1n) is 18.8. The summed E-state index contributed by atoms with van der Waals surface area (Å²) in [5.74, 6) is 8.70. The Kier molecular flexibility index (Phi) is 13.3. The zero-order chi connectivity index (χ0) is 38.9. The number of hydrogen-bond donors (Lipinski definition) is 0. The fourth-order valence-corrected chi connectivity index (χ4v) is 10.7. The van der Waals surface area contributed by atoms with E-state index in [0.29, 0.717) is 11.8 Å². The molecule has 7 rings (SSSR count). The van der Waals surface area contributed by atoms with Crippen molar-refractivity contribution in [1.29, 1.82) is 0 Å². The van der Waals surface area contributed by atoms with Crippen LogP contribution in [0.3, 0.4) is 0 Å². The quantitative estimate of drug-likeness (QED) is 0.112. The van der Waals surface area contributed by atoms with E-state index in [2.05, 4.69) is 136 Å². The number of hydrogen-bond acceptors (Lipinski definition) is 4. The van der Waals surface area contributed by atoms with Crippen molar-refractivity contribution >= 4 is 39.6 Å². The summed E-state index contributed by atoms with van der Waals surface area (Å²) in [5, 5.41) is 1.99. The minimum atomic E-state index is -1.93. The van der Waals surface area contributed by atoms with Gasteiger partial charge in [-0.3, -0.25) is 0 Å². The minimum absolute atomic E-state index is 0. The molecule has 0 saturated heterocycles. The van der Waals surface area contributed by atoms with Crippen LogP contribution in [0.4, 0.5) is 4.39 Å². The van der Waals surface area contributed by atoms with E-state index in [0.717, 1.165) is 62.2 Å². The van der Waals surface area contributed by atoms with E-state index in [1.165, 1.54) is 49.9 Å². The molecule has 4 nitrogen and oxygen atoms in total. The van der Waals surface area contributed by atoms with E-state index in [-0.39, 0.29) is 25.9 Å². The van der Waals surface area contributed by atoms with Gasteiger partial charge >= 0.3 is 130 Å². The Morgan fingerprint density at radius 1 is 0.836 bits per heavy atom. The average Bonchev–Trinajstić information content (AvgIpc) is 3.50. The second-order valence-electron chi connectivity index (χ2n) is 16.1. The number of methoxy groups -OCH3 is 1. The number of ether oxygens (including phenoxy) is 1. The van der Waals surface area contributed by atoms with Gasteiger partial charge in [0.2, 0.25) is 0 Å². The number of pyridine rings is 2. The zero-order valence-corrected chi connectivity index (χ0v) is 38.4. The summed E-state index contributed by atoms with van der Waals surface area (Å²) in [6.45, 7) is 15.3. The van der Waals surface area contributed by atoms with Crippen LogP contribution in [-0.2, 0) is 26.5 Å². The molecule has 0 amide bonds. The van der Waals surface area contributed by atoms with Crippen molar-refractivity contribution < 1.29 is 33.6 Å². The monoisotopic (exact) mass is 973 g/mol. The van der Waals surface area contributed by atoms with Crippen LogP contribution in [0.5, 0.6) is 5.75 Å². The summed E-state index contributed by atoms with van der Waals surface area (Å²) < 4.78 is 26.7. The molecule has 7 aromatic rings. The minimum Gasteiger partial charge on any atom is -0.539 e. The first-order chi connectivity index (χ1) is 25.6. The standard InChI is InChI=1S/C30H28NO2.C18H23FGeN.Ir/c1-17(2)21-11-12-31-25(15-21)23-9-10-26(32-6)29-24-8-7-22(16-27(24)33-30(23)29)28-19(4)13-18(3)14-20(28)5;1-13(2)10-15-11-18(14-6-8-16(19)9-7-14)21-12-17(15)20(3,4)5;/h7-8,10-17H,1-6H3;6,8-9,11-13H,10H2,1-5H3;/q2*-1;. The van der Waals surface area contributed by atoms with Gasteiger partial charge in [0.15, 0.2) is 0 Å². The molecule has 0 aliphatic heterocycles. The summed E-state index contributed by atoms with van der Waals surface area (Å²) in [6, 6.07) is 30.1. The van der Waals surface area contributed by atoms with Crippen LogP contribution >= 0.6 is 0 Å². The summed E-state index contributed by atoms with van der Waals surface area (Å²) in [5.41, 5.74) is 13.9. The predicted molar refractivity (Wildman–Crippen MR) is 226 cm³/mol. The van der Waals surface area contributed by atoms with Crippen LogP contribution in [0.1, 0.15) is 61.4 Å². The largest absolute Gasteiger partial charge is 0.539 e. The predicted octanol–water partition coefficient (Wildman–Crippen LogP) is 12.6. The molecule has 0 aliphatic carbocycles. The molecule has 0 unspecified atom stereocenters. The number of benzene rings is 4. The molecule has 0 aliphatic rings. The van der Waals surface area contributed by atoms with Gasteiger partial charge < -0.3 is 14.1 Å². The van der Waals surface area contributed by atoms with E-state index < -0.39 is 13.3 Å². The molecule has 0 atom stereocenters. The average molecular weight is 972 g/mol. The maximum absolute atomic E-state index is 13.0. The molecule has 0 saturated carbocycles. The zero-order valence-electron chi connectivity index (χ0n) is 33.9. The maximum atomic E-state index is 13.0. The van der Waals surface area contributed by atoms with Crippen molar-refractivity contribution in [2.45, 2.75) is 78.1 Å². The topological polar surface area (TPSA) is 48.2 Å². The van der Waals surface area contributed by atoms with Gasteiger partial charge in [0.25, 0.3) is 0 Å². The molecule has 7 heteroatoms. The number of furan rings is 1. The number of aromatic nitrogens is 2. The molecule has 3 aromatic heterocycles. The summed E-state index contributed by atoms with van der Waals surface area (Å²) in [4.78, 5) is 9.24. The molecular formula is C48H51FGeIrN2O2-2. The fraction of sp³-hybridized carbons (Fsp3) is 0.292. The molecule has 1 radical (unpaired) electrons. The third-order valence-electron chi connectivity index (χ3n) is 9.88. The third kappa shape index (κ3) is 9.31. The summed E-state index contributed by atoms with van der Waals surface area (Å²) >= 11 is -1.93. The van der Waals surface area contributed by atoms with Gasteiger partial charge in [0.05, 0.1) is 12.7 Å². The fourth-order valence-electron chi connectivity index (χ4n) is 7.37. The van der Waals surface area contributed by atoms with Crippen molar-refractivity contribution in [3.05, 3.63) is 131 Å². The van der Waals surface area contributed by atoms with Crippen molar-refractivity contribution in [3.63, 3.8) is 0 Å². The van der Waals surface area contributed by atoms with Crippen LogP contribution in [-0.4, -0.2) is 30.3 Å². The van der Waals surface area contributed by atoms with Crippen molar-refractivity contribution in [2.24, 2.45) is 5.92 Å². The third-order valence-corrected chi connectivity index (χ3v) is 14.2. The smallest absolute Gasteiger partial charge is 0.121 e. The van der Waals surface area contributed by atoms with Crippen molar-refractivity contribution in [1.82, 2.24) is 9.97 Å². The molecule has 287 valence electrons. The van der Waals surface area contributed by atoms with Crippen LogP contribution in [0.25, 0.3) is 55.6 Å². The van der Waals surface area contributed by atoms with Crippen LogP contribution in [0.2, 0.25) is 17.3 Å². The Hall–Kier alpha value is -4.10. The molecule has 0 N–H and O–H groups in total. The first kappa shape index (κ1) is 42.1. The van der Waals surface area contributed by atoms with E-state index in [4.69, 9.17) is 9.15 Å². The van der Waals surface area contributed by atoms with Gasteiger partial charge in [0, 0.05) is 37.4 Å². The number of nitrogens with zero attached hydrogens (tertiary/aromatic N) is 2. The Morgan fingerprint density at radius 2 is 1.56 bits per heavy atom. The Morgan fingerprint density at radius 3 is 2.18 bits per heavy atom. The van der Waals surface area contributed by atoms with Gasteiger partial charge in [-0.2, -0.15) is 0 Å². The molecular weight excluding hydrogens is 920 g/mol. The van der Waals surface area contributed by atoms with Gasteiger partial charge in [-0.1, -0.05) is 60.9 Å². The van der Waals surface area contributed by atoms with Crippen LogP contribution in [0, 0.1) is 44.6 Å². The molecule has 0 fully saturated rings. The number of fused-ring (bicyclic) bond motifs is 3. The van der Waals surface area contributed by atoms with Gasteiger partial charge in [-0.25, -0.2) is 0 Å². The number of halogens is 1. The summed E-state index contributed by atoms with van der Waals surface area (Å²) in [7, 11) is 1.69. The normalized spacial score (nSPS) is 11.5. The van der Waals surface area contributed by atoms with E-state index in [9.17, 15) is 4.39 Å². The van der Waals surface area contributed by atoms with Gasteiger partial charge in [-0.15, -0.1) is 12.1 Å². The van der Waals surface area contributed by atoms with Crippen molar-refractivity contribution in [3.8, 4) is 39.4 Å². The summed E-state index contributed by atoms with van der Waals surface area (Å²) in [6.07, 6.45) is 4.97. The molecule has 4 aromatic carbocycles. The number of rotatable bonds is 8. The Balaban J connectivity index is 0.000000229.